The van der Waals surface area contributed by atoms with E-state index in [4.69, 9.17) is 0 Å². The van der Waals surface area contributed by atoms with E-state index in [1.54, 1.807) is 0 Å². The van der Waals surface area contributed by atoms with Crippen LogP contribution in [0.2, 0.25) is 0 Å². The van der Waals surface area contributed by atoms with Gasteiger partial charge in [0, 0.05) is 17.5 Å². The van der Waals surface area contributed by atoms with Crippen molar-refractivity contribution in [1.82, 2.24) is 5.32 Å². The molecule has 1 saturated carbocycles. The first-order valence-corrected chi connectivity index (χ1v) is 7.95. The van der Waals surface area contributed by atoms with Gasteiger partial charge in [-0.3, -0.25) is 0 Å². The summed E-state index contributed by atoms with van der Waals surface area (Å²) in [6, 6.07) is 11.8. The normalized spacial score (nSPS) is 16.5. The van der Waals surface area contributed by atoms with E-state index in [0.29, 0.717) is 6.04 Å². The summed E-state index contributed by atoms with van der Waals surface area (Å²) < 4.78 is 0. The van der Waals surface area contributed by atoms with Crippen molar-refractivity contribution in [3.63, 3.8) is 0 Å². The topological polar surface area (TPSA) is 12.0 Å². The summed E-state index contributed by atoms with van der Waals surface area (Å²) in [4.78, 5) is 1.47. The van der Waals surface area contributed by atoms with Crippen molar-refractivity contribution >= 4 is 11.3 Å². The number of hydrogen-bond donors (Lipinski definition) is 1. The maximum Gasteiger partial charge on any atom is 0.0351 e. The fourth-order valence-electron chi connectivity index (χ4n) is 2.55. The Morgan fingerprint density at radius 3 is 2.47 bits per heavy atom. The Morgan fingerprint density at radius 1 is 1.16 bits per heavy atom. The Hall–Kier alpha value is -1.12. The highest BCUT2D eigenvalue weighted by Crippen LogP contribution is 2.41. The molecular weight excluding hydrogens is 250 g/mol. The van der Waals surface area contributed by atoms with Crippen molar-refractivity contribution in [3.8, 4) is 0 Å². The van der Waals surface area contributed by atoms with Crippen molar-refractivity contribution in [2.24, 2.45) is 5.92 Å². The number of thiophene rings is 1. The summed E-state index contributed by atoms with van der Waals surface area (Å²) in [5, 5.41) is 5.96. The second-order valence-electron chi connectivity index (χ2n) is 5.63. The molecule has 1 unspecified atom stereocenters. The van der Waals surface area contributed by atoms with Crippen LogP contribution in [0.3, 0.4) is 0 Å². The molecule has 0 bridgehead atoms. The van der Waals surface area contributed by atoms with Gasteiger partial charge in [0.25, 0.3) is 0 Å². The molecule has 0 amide bonds. The molecule has 1 aliphatic carbocycles. The molecule has 1 aliphatic rings. The van der Waals surface area contributed by atoms with E-state index in [1.165, 1.54) is 34.4 Å². The molecule has 1 aromatic carbocycles. The van der Waals surface area contributed by atoms with Crippen LogP contribution >= 0.6 is 11.3 Å². The first-order chi connectivity index (χ1) is 9.24. The molecule has 1 N–H and O–H groups in total. The lowest BCUT2D eigenvalue weighted by Gasteiger charge is -2.19. The van der Waals surface area contributed by atoms with E-state index in [9.17, 15) is 0 Å². The third kappa shape index (κ3) is 3.07. The monoisotopic (exact) mass is 271 g/mol. The summed E-state index contributed by atoms with van der Waals surface area (Å²) in [5.41, 5.74) is 4.20. The van der Waals surface area contributed by atoms with Gasteiger partial charge in [0.1, 0.15) is 0 Å². The van der Waals surface area contributed by atoms with Crippen molar-refractivity contribution in [1.29, 1.82) is 0 Å². The zero-order valence-electron chi connectivity index (χ0n) is 11.6. The van der Waals surface area contributed by atoms with Crippen molar-refractivity contribution in [2.75, 3.05) is 0 Å². The Balaban J connectivity index is 1.71. The standard InChI is InChI=1S/C17H21NS/c1-12-3-5-14(6-4-12)17(15-7-8-15)18-11-16-13(2)9-10-19-16/h3-6,9-10,15,17-18H,7-8,11H2,1-2H3. The minimum absolute atomic E-state index is 0.530. The van der Waals surface area contributed by atoms with Crippen LogP contribution in [-0.2, 0) is 6.54 Å². The summed E-state index contributed by atoms with van der Waals surface area (Å²) in [6.45, 7) is 5.35. The van der Waals surface area contributed by atoms with Gasteiger partial charge in [0.15, 0.2) is 0 Å². The Labute approximate surface area is 119 Å². The maximum absolute atomic E-state index is 3.77. The Morgan fingerprint density at radius 2 is 1.89 bits per heavy atom. The van der Waals surface area contributed by atoms with Gasteiger partial charge < -0.3 is 5.32 Å². The second kappa shape index (κ2) is 5.48. The van der Waals surface area contributed by atoms with Crippen LogP contribution in [0.5, 0.6) is 0 Å². The summed E-state index contributed by atoms with van der Waals surface area (Å²) in [7, 11) is 0. The fraction of sp³-hybridized carbons (Fsp3) is 0.412. The third-order valence-corrected chi connectivity index (χ3v) is 5.00. The van der Waals surface area contributed by atoms with Crippen molar-refractivity contribution in [3.05, 3.63) is 57.3 Å². The summed E-state index contributed by atoms with van der Waals surface area (Å²) in [5.74, 6) is 0.836. The molecule has 1 atom stereocenters. The SMILES string of the molecule is Cc1ccc(C(NCc2sccc2C)C2CC2)cc1. The zero-order valence-corrected chi connectivity index (χ0v) is 12.5. The molecule has 1 fully saturated rings. The van der Waals surface area contributed by atoms with Gasteiger partial charge >= 0.3 is 0 Å². The third-order valence-electron chi connectivity index (χ3n) is 3.98. The van der Waals surface area contributed by atoms with Gasteiger partial charge in [-0.1, -0.05) is 29.8 Å². The molecule has 2 heteroatoms. The van der Waals surface area contributed by atoms with Gasteiger partial charge in [0.2, 0.25) is 0 Å². The number of rotatable bonds is 5. The largest absolute Gasteiger partial charge is 0.305 e. The molecule has 1 nitrogen and oxygen atoms in total. The van der Waals surface area contributed by atoms with E-state index in [2.05, 4.69) is 54.9 Å². The Kier molecular flexibility index (Phi) is 3.72. The van der Waals surface area contributed by atoms with E-state index >= 15 is 0 Å². The highest BCUT2D eigenvalue weighted by molar-refractivity contribution is 7.10. The maximum atomic E-state index is 3.77. The molecule has 0 saturated heterocycles. The molecule has 0 radical (unpaired) electrons. The van der Waals surface area contributed by atoms with Crippen LogP contribution < -0.4 is 5.32 Å². The first kappa shape index (κ1) is 12.9. The number of nitrogens with one attached hydrogen (secondary N) is 1. The molecular formula is C17H21NS. The van der Waals surface area contributed by atoms with Gasteiger partial charge in [-0.2, -0.15) is 0 Å². The van der Waals surface area contributed by atoms with Gasteiger partial charge in [0.05, 0.1) is 0 Å². The molecule has 2 aromatic rings. The quantitative estimate of drug-likeness (QED) is 0.837. The van der Waals surface area contributed by atoms with Crippen molar-refractivity contribution < 1.29 is 0 Å². The van der Waals surface area contributed by atoms with Crippen LogP contribution in [0.15, 0.2) is 35.7 Å². The molecule has 0 aliphatic heterocycles. The Bertz CT molecular complexity index is 537. The smallest absolute Gasteiger partial charge is 0.0351 e. The first-order valence-electron chi connectivity index (χ1n) is 7.07. The second-order valence-corrected chi connectivity index (χ2v) is 6.63. The van der Waals surface area contributed by atoms with E-state index in [1.807, 2.05) is 11.3 Å². The van der Waals surface area contributed by atoms with Gasteiger partial charge in [-0.05, 0) is 55.2 Å². The number of hydrogen-bond acceptors (Lipinski definition) is 2. The van der Waals surface area contributed by atoms with Crippen LogP contribution in [0.1, 0.15) is 40.5 Å². The molecule has 100 valence electrons. The lowest BCUT2D eigenvalue weighted by molar-refractivity contribution is 0.482. The lowest BCUT2D eigenvalue weighted by atomic mass is 10.0. The highest BCUT2D eigenvalue weighted by atomic mass is 32.1. The van der Waals surface area contributed by atoms with Gasteiger partial charge in [-0.25, -0.2) is 0 Å². The predicted octanol–water partition coefficient (Wildman–Crippen LogP) is 4.61. The predicted molar refractivity (Wildman–Crippen MR) is 82.5 cm³/mol. The number of aryl methyl sites for hydroxylation is 2. The molecule has 3 rings (SSSR count). The van der Waals surface area contributed by atoms with Crippen molar-refractivity contribution in [2.45, 2.75) is 39.3 Å². The highest BCUT2D eigenvalue weighted by Gasteiger charge is 2.31. The molecule has 1 heterocycles. The average Bonchev–Trinajstić information content (AvgIpc) is 3.16. The van der Waals surface area contributed by atoms with Gasteiger partial charge in [-0.15, -0.1) is 11.3 Å². The van der Waals surface area contributed by atoms with Crippen LogP contribution in [-0.4, -0.2) is 0 Å². The number of benzene rings is 1. The van der Waals surface area contributed by atoms with Crippen LogP contribution in [0, 0.1) is 19.8 Å². The molecule has 0 spiro atoms. The summed E-state index contributed by atoms with van der Waals surface area (Å²) in [6.07, 6.45) is 2.74. The minimum Gasteiger partial charge on any atom is -0.305 e. The fourth-order valence-corrected chi connectivity index (χ4v) is 3.40. The molecule has 19 heavy (non-hydrogen) atoms. The van der Waals surface area contributed by atoms with Crippen LogP contribution in [0.25, 0.3) is 0 Å². The molecule has 1 aromatic heterocycles. The van der Waals surface area contributed by atoms with E-state index < -0.39 is 0 Å². The zero-order chi connectivity index (χ0) is 13.2. The van der Waals surface area contributed by atoms with Crippen LogP contribution in [0.4, 0.5) is 0 Å². The minimum atomic E-state index is 0.530. The van der Waals surface area contributed by atoms with E-state index in [0.717, 1.165) is 12.5 Å². The van der Waals surface area contributed by atoms with E-state index in [-0.39, 0.29) is 0 Å². The lowest BCUT2D eigenvalue weighted by Crippen LogP contribution is -2.22. The average molecular weight is 271 g/mol. The summed E-state index contributed by atoms with van der Waals surface area (Å²) >= 11 is 1.86.